The largest absolute Gasteiger partial charge is 0.316 e. The van der Waals surface area contributed by atoms with E-state index in [9.17, 15) is 4.39 Å². The van der Waals surface area contributed by atoms with Gasteiger partial charge in [0, 0.05) is 18.1 Å². The minimum Gasteiger partial charge on any atom is -0.316 e. The molecule has 0 saturated carbocycles. The molecule has 0 radical (unpaired) electrons. The number of aryl methyl sites for hydroxylation is 1. The Bertz CT molecular complexity index is 356. The molecule has 96 valence electrons. The first-order valence-electron chi connectivity index (χ1n) is 6.01. The molecule has 1 aromatic carbocycles. The highest BCUT2D eigenvalue weighted by Crippen LogP contribution is 2.20. The summed E-state index contributed by atoms with van der Waals surface area (Å²) in [5.41, 5.74) is 1.46. The van der Waals surface area contributed by atoms with Crippen molar-refractivity contribution in [1.82, 2.24) is 10.6 Å². The van der Waals surface area contributed by atoms with Gasteiger partial charge in [-0.25, -0.2) is 4.39 Å². The summed E-state index contributed by atoms with van der Waals surface area (Å²) < 4.78 is 13.3. The lowest BCUT2D eigenvalue weighted by Gasteiger charge is -2.08. The molecule has 2 N–H and O–H groups in total. The standard InChI is InChI=1S/C13H20ClFN2/c1-3-16-6-7-17-5-4-11-9-13(15)10(2)8-12(11)14/h8-9,16-17H,3-7H2,1-2H3. The molecule has 1 rings (SSSR count). The van der Waals surface area contributed by atoms with Gasteiger partial charge in [0.05, 0.1) is 0 Å². The zero-order valence-electron chi connectivity index (χ0n) is 10.4. The van der Waals surface area contributed by atoms with E-state index in [1.165, 1.54) is 6.07 Å². The summed E-state index contributed by atoms with van der Waals surface area (Å²) in [6.07, 6.45) is 0.752. The van der Waals surface area contributed by atoms with Crippen molar-refractivity contribution >= 4 is 11.6 Å². The first kappa shape index (κ1) is 14.4. The van der Waals surface area contributed by atoms with Crippen molar-refractivity contribution in [2.45, 2.75) is 20.3 Å². The second kappa shape index (κ2) is 7.64. The van der Waals surface area contributed by atoms with Crippen molar-refractivity contribution in [2.75, 3.05) is 26.2 Å². The highest BCUT2D eigenvalue weighted by atomic mass is 35.5. The normalized spacial score (nSPS) is 10.8. The molecule has 0 amide bonds. The highest BCUT2D eigenvalue weighted by molar-refractivity contribution is 6.31. The van der Waals surface area contributed by atoms with Gasteiger partial charge in [-0.05, 0) is 49.7 Å². The van der Waals surface area contributed by atoms with Gasteiger partial charge in [0.1, 0.15) is 5.82 Å². The molecule has 0 spiro atoms. The summed E-state index contributed by atoms with van der Waals surface area (Å²) >= 11 is 6.06. The molecule has 2 nitrogen and oxygen atoms in total. The maximum atomic E-state index is 13.3. The van der Waals surface area contributed by atoms with Gasteiger partial charge in [-0.1, -0.05) is 18.5 Å². The second-order valence-electron chi connectivity index (χ2n) is 4.05. The average Bonchev–Trinajstić information content (AvgIpc) is 2.30. The van der Waals surface area contributed by atoms with Crippen LogP contribution < -0.4 is 10.6 Å². The van der Waals surface area contributed by atoms with Crippen LogP contribution in [0.3, 0.4) is 0 Å². The zero-order chi connectivity index (χ0) is 12.7. The number of hydrogen-bond donors (Lipinski definition) is 2. The van der Waals surface area contributed by atoms with Gasteiger partial charge < -0.3 is 10.6 Å². The summed E-state index contributed by atoms with van der Waals surface area (Å²) in [5.74, 6) is -0.183. The van der Waals surface area contributed by atoms with E-state index < -0.39 is 0 Å². The monoisotopic (exact) mass is 258 g/mol. The van der Waals surface area contributed by atoms with Crippen molar-refractivity contribution in [3.8, 4) is 0 Å². The maximum absolute atomic E-state index is 13.3. The van der Waals surface area contributed by atoms with E-state index in [1.807, 2.05) is 0 Å². The Labute approximate surface area is 108 Å². The van der Waals surface area contributed by atoms with Crippen LogP contribution >= 0.6 is 11.6 Å². The fraction of sp³-hybridized carbons (Fsp3) is 0.538. The van der Waals surface area contributed by atoms with E-state index in [2.05, 4.69) is 17.6 Å². The molecule has 0 atom stereocenters. The van der Waals surface area contributed by atoms with Crippen LogP contribution in [0.5, 0.6) is 0 Å². The molecule has 0 aliphatic rings. The summed E-state index contributed by atoms with van der Waals surface area (Å²) in [6.45, 7) is 7.46. The molecule has 0 aromatic heterocycles. The van der Waals surface area contributed by atoms with Crippen LogP contribution in [0.25, 0.3) is 0 Å². The van der Waals surface area contributed by atoms with Crippen molar-refractivity contribution < 1.29 is 4.39 Å². The molecule has 0 heterocycles. The zero-order valence-corrected chi connectivity index (χ0v) is 11.2. The van der Waals surface area contributed by atoms with Crippen LogP contribution in [0.15, 0.2) is 12.1 Å². The third kappa shape index (κ3) is 5.02. The third-order valence-electron chi connectivity index (χ3n) is 2.63. The molecule has 0 saturated heterocycles. The molecule has 4 heteroatoms. The van der Waals surface area contributed by atoms with E-state index in [1.54, 1.807) is 13.0 Å². The number of likely N-dealkylation sites (N-methyl/N-ethyl adjacent to an activating group) is 1. The van der Waals surface area contributed by atoms with Gasteiger partial charge >= 0.3 is 0 Å². The van der Waals surface area contributed by atoms with E-state index in [0.29, 0.717) is 10.6 Å². The van der Waals surface area contributed by atoms with Gasteiger partial charge in [0.15, 0.2) is 0 Å². The maximum Gasteiger partial charge on any atom is 0.126 e. The topological polar surface area (TPSA) is 24.1 Å². The van der Waals surface area contributed by atoms with Crippen molar-refractivity contribution in [3.63, 3.8) is 0 Å². The Morgan fingerprint density at radius 2 is 1.88 bits per heavy atom. The quantitative estimate of drug-likeness (QED) is 0.735. The predicted octanol–water partition coefficient (Wildman–Crippen LogP) is 2.53. The molecule has 1 aromatic rings. The fourth-order valence-electron chi connectivity index (χ4n) is 1.58. The summed E-state index contributed by atoms with van der Waals surface area (Å²) in [7, 11) is 0. The third-order valence-corrected chi connectivity index (χ3v) is 2.98. The summed E-state index contributed by atoms with van der Waals surface area (Å²) in [5, 5.41) is 7.16. The highest BCUT2D eigenvalue weighted by Gasteiger charge is 2.05. The van der Waals surface area contributed by atoms with Crippen molar-refractivity contribution in [3.05, 3.63) is 34.1 Å². The smallest absolute Gasteiger partial charge is 0.126 e. The van der Waals surface area contributed by atoms with Crippen LogP contribution in [-0.2, 0) is 6.42 Å². The van der Waals surface area contributed by atoms with Gasteiger partial charge in [-0.15, -0.1) is 0 Å². The summed E-state index contributed by atoms with van der Waals surface area (Å²) in [4.78, 5) is 0. The molecular formula is C13H20ClFN2. The summed E-state index contributed by atoms with van der Waals surface area (Å²) in [6, 6.07) is 3.22. The number of hydrogen-bond acceptors (Lipinski definition) is 2. The van der Waals surface area contributed by atoms with Gasteiger partial charge in [-0.3, -0.25) is 0 Å². The lowest BCUT2D eigenvalue weighted by atomic mass is 10.1. The van der Waals surface area contributed by atoms with Crippen LogP contribution in [0, 0.1) is 12.7 Å². The van der Waals surface area contributed by atoms with Crippen LogP contribution in [0.1, 0.15) is 18.1 Å². The Balaban J connectivity index is 2.34. The lowest BCUT2D eigenvalue weighted by molar-refractivity contribution is 0.609. The number of rotatable bonds is 7. The first-order valence-corrected chi connectivity index (χ1v) is 6.39. The molecule has 0 bridgehead atoms. The number of benzene rings is 1. The minimum absolute atomic E-state index is 0.183. The number of nitrogens with one attached hydrogen (secondary N) is 2. The van der Waals surface area contributed by atoms with E-state index in [0.717, 1.165) is 38.2 Å². The predicted molar refractivity (Wildman–Crippen MR) is 71.3 cm³/mol. The first-order chi connectivity index (χ1) is 8.15. The van der Waals surface area contributed by atoms with Crippen molar-refractivity contribution in [1.29, 1.82) is 0 Å². The molecular weight excluding hydrogens is 239 g/mol. The van der Waals surface area contributed by atoms with Gasteiger partial charge in [0.25, 0.3) is 0 Å². The SMILES string of the molecule is CCNCCNCCc1cc(F)c(C)cc1Cl. The van der Waals surface area contributed by atoms with E-state index >= 15 is 0 Å². The molecule has 0 aliphatic carbocycles. The lowest BCUT2D eigenvalue weighted by Crippen LogP contribution is -2.28. The molecule has 0 fully saturated rings. The van der Waals surface area contributed by atoms with Crippen LogP contribution in [0.4, 0.5) is 4.39 Å². The van der Waals surface area contributed by atoms with Crippen LogP contribution in [0.2, 0.25) is 5.02 Å². The number of halogens is 2. The molecule has 17 heavy (non-hydrogen) atoms. The Kier molecular flexibility index (Phi) is 6.48. The molecule has 0 unspecified atom stereocenters. The van der Waals surface area contributed by atoms with E-state index in [4.69, 9.17) is 11.6 Å². The van der Waals surface area contributed by atoms with Gasteiger partial charge in [-0.2, -0.15) is 0 Å². The Morgan fingerprint density at radius 1 is 1.18 bits per heavy atom. The van der Waals surface area contributed by atoms with Crippen LogP contribution in [-0.4, -0.2) is 26.2 Å². The van der Waals surface area contributed by atoms with Crippen molar-refractivity contribution in [2.24, 2.45) is 0 Å². The van der Waals surface area contributed by atoms with E-state index in [-0.39, 0.29) is 5.82 Å². The fourth-order valence-corrected chi connectivity index (χ4v) is 1.89. The second-order valence-corrected chi connectivity index (χ2v) is 4.45. The Morgan fingerprint density at radius 3 is 2.59 bits per heavy atom. The average molecular weight is 259 g/mol. The minimum atomic E-state index is -0.183. The Hall–Kier alpha value is -0.640. The van der Waals surface area contributed by atoms with Gasteiger partial charge in [0.2, 0.25) is 0 Å². The molecule has 0 aliphatic heterocycles.